The standard InChI is InChI=1S/C18H22ClNO3/c19-16-6-2-1-5-13(16)14-10-15(14)18(23)20-9-3-4-12(11-20)7-8-17(21)22/h1-2,5-6,12,14-15H,3-4,7-11H2,(H,21,22)/t12-,14-,15+/m0/s1. The van der Waals surface area contributed by atoms with E-state index in [2.05, 4.69) is 0 Å². The quantitative estimate of drug-likeness (QED) is 0.895. The van der Waals surface area contributed by atoms with Crippen LogP contribution in [0.5, 0.6) is 0 Å². The molecule has 0 unspecified atom stereocenters. The minimum atomic E-state index is -0.755. The predicted molar refractivity (Wildman–Crippen MR) is 88.5 cm³/mol. The molecule has 1 aliphatic carbocycles. The molecule has 5 heteroatoms. The van der Waals surface area contributed by atoms with Crippen LogP contribution in [-0.4, -0.2) is 35.0 Å². The summed E-state index contributed by atoms with van der Waals surface area (Å²) in [4.78, 5) is 25.4. The summed E-state index contributed by atoms with van der Waals surface area (Å²) in [6.07, 6.45) is 3.73. The molecule has 1 N–H and O–H groups in total. The zero-order valence-corrected chi connectivity index (χ0v) is 13.8. The maximum atomic E-state index is 12.7. The Morgan fingerprint density at radius 2 is 2.09 bits per heavy atom. The van der Waals surface area contributed by atoms with Gasteiger partial charge in [0.1, 0.15) is 0 Å². The van der Waals surface area contributed by atoms with Crippen molar-refractivity contribution in [2.24, 2.45) is 11.8 Å². The van der Waals surface area contributed by atoms with Gasteiger partial charge in [0.25, 0.3) is 0 Å². The van der Waals surface area contributed by atoms with Crippen LogP contribution in [0.4, 0.5) is 0 Å². The third kappa shape index (κ3) is 3.86. The van der Waals surface area contributed by atoms with E-state index in [9.17, 15) is 9.59 Å². The van der Waals surface area contributed by atoms with Crippen LogP contribution in [0.25, 0.3) is 0 Å². The fraction of sp³-hybridized carbons (Fsp3) is 0.556. The molecule has 1 aromatic carbocycles. The molecule has 0 aromatic heterocycles. The number of nitrogens with zero attached hydrogens (tertiary/aromatic N) is 1. The van der Waals surface area contributed by atoms with Crippen LogP contribution in [0.15, 0.2) is 24.3 Å². The molecule has 0 radical (unpaired) electrons. The number of carbonyl (C=O) groups excluding carboxylic acids is 1. The molecule has 124 valence electrons. The van der Waals surface area contributed by atoms with Crippen molar-refractivity contribution in [1.82, 2.24) is 4.90 Å². The second kappa shape index (κ2) is 6.91. The first-order valence-corrected chi connectivity index (χ1v) is 8.69. The van der Waals surface area contributed by atoms with Gasteiger partial charge < -0.3 is 10.0 Å². The molecule has 3 atom stereocenters. The van der Waals surface area contributed by atoms with Crippen molar-refractivity contribution in [3.8, 4) is 0 Å². The molecule has 3 rings (SSSR count). The molecule has 1 saturated heterocycles. The number of carboxylic acids is 1. The molecular weight excluding hydrogens is 314 g/mol. The second-order valence-corrected chi connectivity index (χ2v) is 7.10. The molecule has 1 aromatic rings. The number of halogens is 1. The van der Waals surface area contributed by atoms with E-state index in [0.717, 1.165) is 36.4 Å². The van der Waals surface area contributed by atoms with E-state index < -0.39 is 5.97 Å². The normalized spacial score (nSPS) is 26.8. The Morgan fingerprint density at radius 3 is 2.83 bits per heavy atom. The van der Waals surface area contributed by atoms with Crippen LogP contribution >= 0.6 is 11.6 Å². The summed E-state index contributed by atoms with van der Waals surface area (Å²) in [5.74, 6) is 0.0782. The van der Waals surface area contributed by atoms with E-state index in [1.54, 1.807) is 0 Å². The van der Waals surface area contributed by atoms with Gasteiger partial charge in [-0.3, -0.25) is 9.59 Å². The Labute approximate surface area is 141 Å². The minimum absolute atomic E-state index is 0.0492. The second-order valence-electron chi connectivity index (χ2n) is 6.70. The maximum absolute atomic E-state index is 12.7. The van der Waals surface area contributed by atoms with Crippen LogP contribution < -0.4 is 0 Å². The molecule has 1 aliphatic heterocycles. The number of carbonyl (C=O) groups is 2. The minimum Gasteiger partial charge on any atom is -0.481 e. The molecule has 4 nitrogen and oxygen atoms in total. The van der Waals surface area contributed by atoms with E-state index >= 15 is 0 Å². The van der Waals surface area contributed by atoms with Gasteiger partial charge in [-0.25, -0.2) is 0 Å². The number of likely N-dealkylation sites (tertiary alicyclic amines) is 1. The molecule has 1 saturated carbocycles. The maximum Gasteiger partial charge on any atom is 0.303 e. The highest BCUT2D eigenvalue weighted by atomic mass is 35.5. The predicted octanol–water partition coefficient (Wildman–Crippen LogP) is 3.55. The van der Waals surface area contributed by atoms with E-state index in [0.29, 0.717) is 18.9 Å². The van der Waals surface area contributed by atoms with Crippen LogP contribution in [-0.2, 0) is 9.59 Å². The summed E-state index contributed by atoms with van der Waals surface area (Å²) >= 11 is 6.23. The molecule has 2 aliphatic rings. The van der Waals surface area contributed by atoms with Crippen molar-refractivity contribution in [2.75, 3.05) is 13.1 Å². The van der Waals surface area contributed by atoms with E-state index in [1.165, 1.54) is 0 Å². The number of rotatable bonds is 5. The van der Waals surface area contributed by atoms with Crippen molar-refractivity contribution in [3.05, 3.63) is 34.9 Å². The van der Waals surface area contributed by atoms with Crippen molar-refractivity contribution in [3.63, 3.8) is 0 Å². The molecule has 23 heavy (non-hydrogen) atoms. The summed E-state index contributed by atoms with van der Waals surface area (Å²) in [6, 6.07) is 7.75. The Kier molecular flexibility index (Phi) is 4.90. The van der Waals surface area contributed by atoms with Crippen LogP contribution in [0.2, 0.25) is 5.02 Å². The molecule has 2 fully saturated rings. The average molecular weight is 336 g/mol. The van der Waals surface area contributed by atoms with Gasteiger partial charge in [0.2, 0.25) is 5.91 Å². The molecule has 0 spiro atoms. The first kappa shape index (κ1) is 16.3. The van der Waals surface area contributed by atoms with Crippen LogP contribution in [0, 0.1) is 11.8 Å². The SMILES string of the molecule is O=C(O)CC[C@@H]1CCCN(C(=O)[C@@H]2C[C@H]2c2ccccc2Cl)C1. The number of carboxylic acid groups (broad SMARTS) is 1. The van der Waals surface area contributed by atoms with Crippen molar-refractivity contribution in [2.45, 2.75) is 38.0 Å². The van der Waals surface area contributed by atoms with E-state index in [4.69, 9.17) is 16.7 Å². The van der Waals surface area contributed by atoms with Crippen molar-refractivity contribution in [1.29, 1.82) is 0 Å². The summed E-state index contributed by atoms with van der Waals surface area (Å²) in [7, 11) is 0. The highest BCUT2D eigenvalue weighted by Gasteiger charge is 2.46. The smallest absolute Gasteiger partial charge is 0.303 e. The third-order valence-corrected chi connectivity index (χ3v) is 5.35. The van der Waals surface area contributed by atoms with E-state index in [-0.39, 0.29) is 24.2 Å². The largest absolute Gasteiger partial charge is 0.481 e. The fourth-order valence-corrected chi connectivity index (χ4v) is 3.93. The van der Waals surface area contributed by atoms with Gasteiger partial charge in [-0.05, 0) is 49.1 Å². The van der Waals surface area contributed by atoms with Gasteiger partial charge in [0, 0.05) is 30.5 Å². The lowest BCUT2D eigenvalue weighted by Gasteiger charge is -2.33. The van der Waals surface area contributed by atoms with Crippen molar-refractivity contribution >= 4 is 23.5 Å². The van der Waals surface area contributed by atoms with Gasteiger partial charge in [-0.2, -0.15) is 0 Å². The summed E-state index contributed by atoms with van der Waals surface area (Å²) in [6.45, 7) is 1.51. The summed E-state index contributed by atoms with van der Waals surface area (Å²) in [5.41, 5.74) is 1.08. The first-order chi connectivity index (χ1) is 11.1. The zero-order chi connectivity index (χ0) is 16.4. The van der Waals surface area contributed by atoms with Gasteiger partial charge in [-0.15, -0.1) is 0 Å². The highest BCUT2D eigenvalue weighted by molar-refractivity contribution is 6.31. The lowest BCUT2D eigenvalue weighted by molar-refractivity contribution is -0.137. The summed E-state index contributed by atoms with van der Waals surface area (Å²) in [5, 5.41) is 9.55. The third-order valence-electron chi connectivity index (χ3n) is 5.01. The number of aliphatic carboxylic acids is 1. The zero-order valence-electron chi connectivity index (χ0n) is 13.1. The monoisotopic (exact) mass is 335 g/mol. The molecule has 1 amide bonds. The van der Waals surface area contributed by atoms with Crippen LogP contribution in [0.3, 0.4) is 0 Å². The number of hydrogen-bond donors (Lipinski definition) is 1. The topological polar surface area (TPSA) is 57.6 Å². The van der Waals surface area contributed by atoms with Gasteiger partial charge in [-0.1, -0.05) is 29.8 Å². The molecule has 0 bridgehead atoms. The number of amides is 1. The first-order valence-electron chi connectivity index (χ1n) is 8.31. The van der Waals surface area contributed by atoms with Gasteiger partial charge in [0.15, 0.2) is 0 Å². The van der Waals surface area contributed by atoms with E-state index in [1.807, 2.05) is 29.2 Å². The highest BCUT2D eigenvalue weighted by Crippen LogP contribution is 2.50. The average Bonchev–Trinajstić information content (AvgIpc) is 3.33. The Balaban J connectivity index is 1.57. The Morgan fingerprint density at radius 1 is 1.30 bits per heavy atom. The molecule has 1 heterocycles. The van der Waals surface area contributed by atoms with Crippen LogP contribution in [0.1, 0.15) is 43.6 Å². The Bertz CT molecular complexity index is 604. The van der Waals surface area contributed by atoms with Gasteiger partial charge >= 0.3 is 5.97 Å². The summed E-state index contributed by atoms with van der Waals surface area (Å²) < 4.78 is 0. The lowest BCUT2D eigenvalue weighted by Crippen LogP contribution is -2.41. The van der Waals surface area contributed by atoms with Gasteiger partial charge in [0.05, 0.1) is 0 Å². The fourth-order valence-electron chi connectivity index (χ4n) is 3.65. The number of hydrogen-bond acceptors (Lipinski definition) is 2. The molecular formula is C18H22ClNO3. The number of piperidine rings is 1. The lowest BCUT2D eigenvalue weighted by atomic mass is 9.93. The van der Waals surface area contributed by atoms with Crippen molar-refractivity contribution < 1.29 is 14.7 Å². The number of benzene rings is 1. The Hall–Kier alpha value is -1.55.